The number of aromatic nitrogens is 3. The molecule has 3 aliphatic heterocycles. The molecule has 0 radical (unpaired) electrons. The van der Waals surface area contributed by atoms with Gasteiger partial charge >= 0.3 is 18.3 Å². The second-order valence-electron chi connectivity index (χ2n) is 15.8. The van der Waals surface area contributed by atoms with E-state index in [4.69, 9.17) is 35.5 Å². The van der Waals surface area contributed by atoms with Crippen molar-refractivity contribution in [3.05, 3.63) is 87.8 Å². The summed E-state index contributed by atoms with van der Waals surface area (Å²) in [5.74, 6) is -0.115. The SMILES string of the molecule is CN1C[C@H](OC(=O)Oc2ccc([N+](=O)[O-])cc2)C[C@H]1COc1nc(N2C[C@H]3CC[C@@H](C2)N3C(=O)OC(C)(C)C)c2cnc(-c3cccc4cccc(Cl)c34)c(F)c2n1. The van der Waals surface area contributed by atoms with E-state index in [2.05, 4.69) is 9.97 Å². The molecule has 0 aliphatic carbocycles. The molecule has 3 aliphatic rings. The Kier molecular flexibility index (Phi) is 10.4. The van der Waals surface area contributed by atoms with Gasteiger partial charge in [-0.2, -0.15) is 9.97 Å². The molecule has 302 valence electrons. The molecule has 5 aromatic rings. The van der Waals surface area contributed by atoms with Gasteiger partial charge in [0, 0.05) is 66.4 Å². The maximum atomic E-state index is 17.0. The number of anilines is 1. The van der Waals surface area contributed by atoms with Gasteiger partial charge in [0.15, 0.2) is 5.82 Å². The summed E-state index contributed by atoms with van der Waals surface area (Å²) in [5.41, 5.74) is -0.166. The first-order valence-electron chi connectivity index (χ1n) is 19.0. The van der Waals surface area contributed by atoms with E-state index in [1.807, 2.05) is 66.8 Å². The van der Waals surface area contributed by atoms with Crippen molar-refractivity contribution in [1.29, 1.82) is 0 Å². The van der Waals surface area contributed by atoms with Crippen molar-refractivity contribution >= 4 is 57.0 Å². The Hall–Kier alpha value is -5.87. The quantitative estimate of drug-likeness (QED) is 0.0646. The third-order valence-corrected chi connectivity index (χ3v) is 11.0. The molecule has 0 spiro atoms. The minimum atomic E-state index is -0.940. The van der Waals surface area contributed by atoms with E-state index in [1.165, 1.54) is 24.3 Å². The zero-order valence-electron chi connectivity index (χ0n) is 32.3. The number of fused-ring (bicyclic) bond motifs is 4. The van der Waals surface area contributed by atoms with Gasteiger partial charge in [0.05, 0.1) is 22.4 Å². The molecule has 15 nitrogen and oxygen atoms in total. The van der Waals surface area contributed by atoms with Crippen LogP contribution in [0.2, 0.25) is 5.02 Å². The molecule has 2 aromatic heterocycles. The predicted molar refractivity (Wildman–Crippen MR) is 213 cm³/mol. The van der Waals surface area contributed by atoms with Gasteiger partial charge in [-0.05, 0) is 64.2 Å². The number of halogens is 2. The number of carbonyl (C=O) groups excluding carboxylic acids is 2. The normalized spacial score (nSPS) is 20.7. The molecule has 3 aromatic carbocycles. The number of likely N-dealkylation sites (tertiary alicyclic amines) is 1. The second kappa shape index (κ2) is 15.5. The fourth-order valence-corrected chi connectivity index (χ4v) is 8.35. The number of rotatable bonds is 8. The van der Waals surface area contributed by atoms with Crippen LogP contribution in [-0.2, 0) is 9.47 Å². The summed E-state index contributed by atoms with van der Waals surface area (Å²) in [6.07, 6.45) is 1.70. The minimum absolute atomic E-state index is 0.0194. The Bertz CT molecular complexity index is 2400. The summed E-state index contributed by atoms with van der Waals surface area (Å²) in [4.78, 5) is 56.2. The van der Waals surface area contributed by atoms with Gasteiger partial charge in [-0.1, -0.05) is 41.9 Å². The number of likely N-dealkylation sites (N-methyl/N-ethyl adjacent to an activating group) is 1. The van der Waals surface area contributed by atoms with Crippen LogP contribution >= 0.6 is 11.6 Å². The molecule has 17 heteroatoms. The molecule has 5 heterocycles. The molecular weight excluding hydrogens is 773 g/mol. The van der Waals surface area contributed by atoms with Crippen LogP contribution in [0.4, 0.5) is 25.5 Å². The lowest BCUT2D eigenvalue weighted by Gasteiger charge is -2.42. The number of amides is 1. The van der Waals surface area contributed by atoms with Gasteiger partial charge in [-0.25, -0.2) is 14.0 Å². The highest BCUT2D eigenvalue weighted by atomic mass is 35.5. The highest BCUT2D eigenvalue weighted by Gasteiger charge is 2.45. The van der Waals surface area contributed by atoms with Gasteiger partial charge in [-0.3, -0.25) is 24.9 Å². The molecule has 4 atom stereocenters. The molecule has 1 amide bonds. The van der Waals surface area contributed by atoms with Gasteiger partial charge in [0.1, 0.15) is 41.1 Å². The average Bonchev–Trinajstić information content (AvgIpc) is 3.66. The largest absolute Gasteiger partial charge is 0.514 e. The number of nitrogens with zero attached hydrogens (tertiary/aromatic N) is 7. The average molecular weight is 814 g/mol. The van der Waals surface area contributed by atoms with Crippen LogP contribution in [0, 0.1) is 15.9 Å². The Morgan fingerprint density at radius 1 is 1.00 bits per heavy atom. The van der Waals surface area contributed by atoms with E-state index in [-0.39, 0.29) is 59.5 Å². The van der Waals surface area contributed by atoms with Crippen molar-refractivity contribution in [3.8, 4) is 23.0 Å². The van der Waals surface area contributed by atoms with Crippen LogP contribution in [0.15, 0.2) is 66.9 Å². The summed E-state index contributed by atoms with van der Waals surface area (Å²) in [7, 11) is 1.86. The number of ether oxygens (including phenoxy) is 4. The molecule has 3 saturated heterocycles. The summed E-state index contributed by atoms with van der Waals surface area (Å²) in [6.45, 7) is 6.87. The summed E-state index contributed by atoms with van der Waals surface area (Å²) in [6, 6.07) is 15.5. The molecule has 0 saturated carbocycles. The molecule has 8 rings (SSSR count). The lowest BCUT2D eigenvalue weighted by molar-refractivity contribution is -0.384. The van der Waals surface area contributed by atoms with E-state index in [9.17, 15) is 19.7 Å². The third kappa shape index (κ3) is 7.85. The Morgan fingerprint density at radius 2 is 1.71 bits per heavy atom. The lowest BCUT2D eigenvalue weighted by Crippen LogP contribution is -2.57. The van der Waals surface area contributed by atoms with Crippen molar-refractivity contribution in [2.75, 3.05) is 38.2 Å². The fourth-order valence-electron chi connectivity index (χ4n) is 8.07. The topological polar surface area (TPSA) is 163 Å². The van der Waals surface area contributed by atoms with Gasteiger partial charge < -0.3 is 23.8 Å². The van der Waals surface area contributed by atoms with Crippen LogP contribution in [0.3, 0.4) is 0 Å². The standard InChI is InChI=1S/C41H41ClFN7O8/c1-41(2,3)58-39(51)49-25-11-12-26(49)20-48(19-25)37-31-18-44-35(30-9-5-7-23-8-6-10-32(42)33(23)30)34(43)36(31)45-38(46-37)55-22-27-17-29(21-47(27)4)57-40(52)56-28-15-13-24(14-16-28)50(53)54/h5-10,13-16,18,25-27,29H,11-12,17,19-22H2,1-4H3/t25-,26+,27-,29+/m0/s1. The summed E-state index contributed by atoms with van der Waals surface area (Å²) in [5, 5.41) is 13.3. The second-order valence-corrected chi connectivity index (χ2v) is 16.2. The number of benzene rings is 3. The first kappa shape index (κ1) is 39.0. The Labute approximate surface area is 337 Å². The molecule has 0 unspecified atom stereocenters. The van der Waals surface area contributed by atoms with Crippen LogP contribution in [0.1, 0.15) is 40.0 Å². The predicted octanol–water partition coefficient (Wildman–Crippen LogP) is 7.80. The highest BCUT2D eigenvalue weighted by Crippen LogP contribution is 2.40. The Balaban J connectivity index is 1.06. The molecule has 2 bridgehead atoms. The Morgan fingerprint density at radius 3 is 2.40 bits per heavy atom. The maximum Gasteiger partial charge on any atom is 0.514 e. The van der Waals surface area contributed by atoms with Crippen LogP contribution in [-0.4, -0.2) is 105 Å². The zero-order chi connectivity index (χ0) is 40.9. The number of piperazine rings is 1. The van der Waals surface area contributed by atoms with Gasteiger partial charge in [0.25, 0.3) is 5.69 Å². The highest BCUT2D eigenvalue weighted by molar-refractivity contribution is 6.36. The number of hydrogen-bond acceptors (Lipinski definition) is 13. The van der Waals surface area contributed by atoms with E-state index >= 15 is 4.39 Å². The van der Waals surface area contributed by atoms with Crippen molar-refractivity contribution in [2.45, 2.75) is 69.9 Å². The monoisotopic (exact) mass is 813 g/mol. The first-order chi connectivity index (χ1) is 27.7. The van der Waals surface area contributed by atoms with Gasteiger partial charge in [-0.15, -0.1) is 0 Å². The smallest absolute Gasteiger partial charge is 0.462 e. The van der Waals surface area contributed by atoms with Crippen molar-refractivity contribution in [3.63, 3.8) is 0 Å². The first-order valence-corrected chi connectivity index (χ1v) is 19.4. The summed E-state index contributed by atoms with van der Waals surface area (Å²) >= 11 is 6.64. The lowest BCUT2D eigenvalue weighted by atomic mass is 10.0. The van der Waals surface area contributed by atoms with Crippen molar-refractivity contribution in [1.82, 2.24) is 24.8 Å². The van der Waals surface area contributed by atoms with Crippen molar-refractivity contribution in [2.24, 2.45) is 0 Å². The van der Waals surface area contributed by atoms with Crippen LogP contribution < -0.4 is 14.4 Å². The maximum absolute atomic E-state index is 17.0. The zero-order valence-corrected chi connectivity index (χ0v) is 33.0. The minimum Gasteiger partial charge on any atom is -0.462 e. The molecule has 0 N–H and O–H groups in total. The molecular formula is C41H41ClFN7O8. The van der Waals surface area contributed by atoms with E-state index in [1.54, 1.807) is 18.3 Å². The number of non-ortho nitro benzene ring substituents is 1. The third-order valence-electron chi connectivity index (χ3n) is 10.7. The van der Waals surface area contributed by atoms with E-state index < -0.39 is 28.6 Å². The molecule has 58 heavy (non-hydrogen) atoms. The number of nitro benzene ring substituents is 1. The van der Waals surface area contributed by atoms with Crippen molar-refractivity contribution < 1.29 is 37.9 Å². The number of carbonyl (C=O) groups is 2. The molecule has 3 fully saturated rings. The fraction of sp³-hybridized carbons (Fsp3) is 0.390. The van der Waals surface area contributed by atoms with E-state index in [0.717, 1.165) is 18.2 Å². The van der Waals surface area contributed by atoms with Gasteiger partial charge in [0.2, 0.25) is 0 Å². The van der Waals surface area contributed by atoms with Crippen LogP contribution in [0.5, 0.6) is 11.8 Å². The summed E-state index contributed by atoms with van der Waals surface area (Å²) < 4.78 is 39.8. The number of hydrogen-bond donors (Lipinski definition) is 0. The van der Waals surface area contributed by atoms with Crippen LogP contribution in [0.25, 0.3) is 32.9 Å². The number of pyridine rings is 1. The van der Waals surface area contributed by atoms with E-state index in [0.29, 0.717) is 53.2 Å². The number of nitro groups is 1.